The number of benzene rings is 1. The van der Waals surface area contributed by atoms with Crippen LogP contribution >= 0.6 is 0 Å². The molecule has 1 fully saturated rings. The van der Waals surface area contributed by atoms with E-state index < -0.39 is 0 Å². The van der Waals surface area contributed by atoms with Crippen molar-refractivity contribution in [3.05, 3.63) is 41.6 Å². The molecule has 0 aromatic heterocycles. The van der Waals surface area contributed by atoms with E-state index in [9.17, 15) is 10.1 Å². The molecule has 1 saturated heterocycles. The number of amides is 1. The Kier molecular flexibility index (Phi) is 5.78. The van der Waals surface area contributed by atoms with Crippen molar-refractivity contribution in [3.8, 4) is 6.07 Å². The smallest absolute Gasteiger partial charge is 0.266 e. The molecular weight excluding hydrogens is 288 g/mol. The minimum atomic E-state index is -0.220. The fourth-order valence-corrected chi connectivity index (χ4v) is 2.77. The minimum absolute atomic E-state index is 0.132. The number of carbonyl (C=O) groups excluding carboxylic acids is 1. The van der Waals surface area contributed by atoms with Gasteiger partial charge in [0, 0.05) is 25.0 Å². The average molecular weight is 312 g/mol. The van der Waals surface area contributed by atoms with E-state index in [2.05, 4.69) is 17.3 Å². The molecule has 1 aromatic carbocycles. The Morgan fingerprint density at radius 3 is 2.74 bits per heavy atom. The summed E-state index contributed by atoms with van der Waals surface area (Å²) in [5.41, 5.74) is 2.12. The van der Waals surface area contributed by atoms with E-state index in [1.807, 2.05) is 37.3 Å². The van der Waals surface area contributed by atoms with Crippen LogP contribution in [-0.4, -0.2) is 48.9 Å². The number of likely N-dealkylation sites (tertiary alicyclic amines) is 1. The van der Waals surface area contributed by atoms with Gasteiger partial charge in [-0.05, 0) is 57.6 Å². The molecule has 1 aliphatic heterocycles. The van der Waals surface area contributed by atoms with Gasteiger partial charge in [-0.25, -0.2) is 0 Å². The van der Waals surface area contributed by atoms with Crippen molar-refractivity contribution < 1.29 is 4.79 Å². The lowest BCUT2D eigenvalue weighted by Gasteiger charge is -2.34. The van der Waals surface area contributed by atoms with Crippen LogP contribution in [0.1, 0.15) is 18.4 Å². The number of aryl methyl sites for hydroxylation is 1. The van der Waals surface area contributed by atoms with Gasteiger partial charge in [-0.3, -0.25) is 4.79 Å². The van der Waals surface area contributed by atoms with Crippen molar-refractivity contribution in [2.45, 2.75) is 25.8 Å². The number of hydrogen-bond acceptors (Lipinski definition) is 4. The van der Waals surface area contributed by atoms with Crippen LogP contribution in [0.2, 0.25) is 0 Å². The van der Waals surface area contributed by atoms with Gasteiger partial charge >= 0.3 is 0 Å². The van der Waals surface area contributed by atoms with Crippen molar-refractivity contribution >= 4 is 11.6 Å². The first-order valence-corrected chi connectivity index (χ1v) is 7.90. The Bertz CT molecular complexity index is 624. The van der Waals surface area contributed by atoms with Gasteiger partial charge in [0.05, 0.1) is 0 Å². The van der Waals surface area contributed by atoms with E-state index in [0.717, 1.165) is 37.2 Å². The lowest BCUT2D eigenvalue weighted by atomic mass is 10.0. The number of rotatable bonds is 4. The van der Waals surface area contributed by atoms with Gasteiger partial charge in [-0.15, -0.1) is 0 Å². The molecular formula is C18H24N4O. The van der Waals surface area contributed by atoms with E-state index in [1.165, 1.54) is 6.20 Å². The first kappa shape index (κ1) is 17.0. The van der Waals surface area contributed by atoms with Crippen molar-refractivity contribution in [2.75, 3.05) is 32.5 Å². The lowest BCUT2D eigenvalue weighted by Crippen LogP contribution is -2.44. The zero-order chi connectivity index (χ0) is 16.8. The zero-order valence-electron chi connectivity index (χ0n) is 14.0. The molecule has 2 rings (SSSR count). The topological polar surface area (TPSA) is 59.4 Å². The number of piperidine rings is 1. The average Bonchev–Trinajstić information content (AvgIpc) is 2.55. The summed E-state index contributed by atoms with van der Waals surface area (Å²) < 4.78 is 0. The van der Waals surface area contributed by atoms with Crippen molar-refractivity contribution in [1.82, 2.24) is 9.80 Å². The van der Waals surface area contributed by atoms with E-state index in [4.69, 9.17) is 0 Å². The van der Waals surface area contributed by atoms with E-state index in [0.29, 0.717) is 0 Å². The van der Waals surface area contributed by atoms with Crippen LogP contribution in [0.25, 0.3) is 0 Å². The minimum Gasteiger partial charge on any atom is -0.360 e. The summed E-state index contributed by atoms with van der Waals surface area (Å²) in [6, 6.07) is 10.0. The van der Waals surface area contributed by atoms with Crippen molar-refractivity contribution in [1.29, 1.82) is 5.26 Å². The second kappa shape index (κ2) is 7.80. The number of carbonyl (C=O) groups is 1. The third-order valence-corrected chi connectivity index (χ3v) is 4.31. The molecule has 0 bridgehead atoms. The number of nitrogens with zero attached hydrogens (tertiary/aromatic N) is 3. The Hall–Kier alpha value is -2.32. The molecule has 1 aliphatic rings. The maximum absolute atomic E-state index is 12.5. The van der Waals surface area contributed by atoms with Crippen LogP contribution in [0.15, 0.2) is 36.0 Å². The summed E-state index contributed by atoms with van der Waals surface area (Å²) in [4.78, 5) is 16.5. The molecule has 5 nitrogen and oxygen atoms in total. The van der Waals surface area contributed by atoms with Crippen molar-refractivity contribution in [2.24, 2.45) is 0 Å². The van der Waals surface area contributed by atoms with Crippen LogP contribution < -0.4 is 5.32 Å². The molecule has 0 unspecified atom stereocenters. The molecule has 1 aromatic rings. The normalized spacial score (nSPS) is 16.7. The third kappa shape index (κ3) is 4.57. The molecule has 23 heavy (non-hydrogen) atoms. The van der Waals surface area contributed by atoms with Gasteiger partial charge in [0.2, 0.25) is 0 Å². The number of hydrogen-bond donors (Lipinski definition) is 1. The van der Waals surface area contributed by atoms with E-state index in [1.54, 1.807) is 11.9 Å². The SMILES string of the molecule is Cc1cccc(N/C=C(/C#N)C(=O)N(C)C2CCN(C)CC2)c1. The molecule has 1 heterocycles. The van der Waals surface area contributed by atoms with Crippen LogP contribution in [-0.2, 0) is 4.79 Å². The molecule has 0 saturated carbocycles. The first-order valence-electron chi connectivity index (χ1n) is 7.90. The van der Waals surface area contributed by atoms with Crippen LogP contribution in [0.4, 0.5) is 5.69 Å². The predicted molar refractivity (Wildman–Crippen MR) is 91.8 cm³/mol. The second-order valence-corrected chi connectivity index (χ2v) is 6.13. The highest BCUT2D eigenvalue weighted by Gasteiger charge is 2.25. The first-order chi connectivity index (χ1) is 11.0. The van der Waals surface area contributed by atoms with Gasteiger partial charge in [-0.1, -0.05) is 12.1 Å². The maximum atomic E-state index is 12.5. The second-order valence-electron chi connectivity index (χ2n) is 6.13. The quantitative estimate of drug-likeness (QED) is 0.685. The molecule has 0 aliphatic carbocycles. The Balaban J connectivity index is 2.03. The summed E-state index contributed by atoms with van der Waals surface area (Å²) in [6.45, 7) is 3.96. The van der Waals surface area contributed by atoms with Gasteiger partial charge < -0.3 is 15.1 Å². The maximum Gasteiger partial charge on any atom is 0.266 e. The number of nitriles is 1. The van der Waals surface area contributed by atoms with Gasteiger partial charge in [-0.2, -0.15) is 5.26 Å². The fourth-order valence-electron chi connectivity index (χ4n) is 2.77. The Morgan fingerprint density at radius 2 is 2.13 bits per heavy atom. The predicted octanol–water partition coefficient (Wildman–Crippen LogP) is 2.37. The van der Waals surface area contributed by atoms with Crippen LogP contribution in [0.3, 0.4) is 0 Å². The summed E-state index contributed by atoms with van der Waals surface area (Å²) in [6.07, 6.45) is 3.40. The summed E-state index contributed by atoms with van der Waals surface area (Å²) in [7, 11) is 3.88. The van der Waals surface area contributed by atoms with E-state index >= 15 is 0 Å². The third-order valence-electron chi connectivity index (χ3n) is 4.31. The Morgan fingerprint density at radius 1 is 1.43 bits per heavy atom. The molecule has 0 spiro atoms. The monoisotopic (exact) mass is 312 g/mol. The van der Waals surface area contributed by atoms with E-state index in [-0.39, 0.29) is 17.5 Å². The summed E-state index contributed by atoms with van der Waals surface area (Å²) >= 11 is 0. The van der Waals surface area contributed by atoms with Crippen LogP contribution in [0, 0.1) is 18.3 Å². The number of likely N-dealkylation sites (N-methyl/N-ethyl adjacent to an activating group) is 1. The van der Waals surface area contributed by atoms with Gasteiger partial charge in [0.15, 0.2) is 0 Å². The standard InChI is InChI=1S/C18H24N4O/c1-14-5-4-6-16(11-14)20-13-15(12-19)18(23)22(3)17-7-9-21(2)10-8-17/h4-6,11,13,17,20H,7-10H2,1-3H3/b15-13-. The summed E-state index contributed by atoms with van der Waals surface area (Å²) in [5.74, 6) is -0.220. The number of anilines is 1. The molecule has 122 valence electrons. The molecule has 5 heteroatoms. The molecule has 0 radical (unpaired) electrons. The highest BCUT2D eigenvalue weighted by atomic mass is 16.2. The summed E-state index contributed by atoms with van der Waals surface area (Å²) in [5, 5.41) is 12.3. The fraction of sp³-hybridized carbons (Fsp3) is 0.444. The van der Waals surface area contributed by atoms with Gasteiger partial charge in [0.25, 0.3) is 5.91 Å². The van der Waals surface area contributed by atoms with Gasteiger partial charge in [0.1, 0.15) is 11.6 Å². The van der Waals surface area contributed by atoms with Crippen LogP contribution in [0.5, 0.6) is 0 Å². The highest BCUT2D eigenvalue weighted by Crippen LogP contribution is 2.16. The highest BCUT2D eigenvalue weighted by molar-refractivity contribution is 5.97. The Labute approximate surface area is 138 Å². The number of nitrogens with one attached hydrogen (secondary N) is 1. The zero-order valence-corrected chi connectivity index (χ0v) is 14.0. The molecule has 1 N–H and O–H groups in total. The molecule has 0 atom stereocenters. The van der Waals surface area contributed by atoms with Crippen molar-refractivity contribution in [3.63, 3.8) is 0 Å². The largest absolute Gasteiger partial charge is 0.360 e. The lowest BCUT2D eigenvalue weighted by molar-refractivity contribution is -0.128. The molecule has 1 amide bonds.